The minimum Gasteiger partial charge on any atom is -0.282 e. The van der Waals surface area contributed by atoms with E-state index in [4.69, 9.17) is 11.6 Å². The molecule has 3 nitrogen and oxygen atoms in total. The Morgan fingerprint density at radius 3 is 2.14 bits per heavy atom. The van der Waals surface area contributed by atoms with Crippen LogP contribution < -0.4 is 0 Å². The lowest BCUT2D eigenvalue weighted by molar-refractivity contribution is -0.125. The SMILES string of the molecule is CC(=O)N(C)C(=O)c1ccc(Cl)cc1. The number of hydrogen-bond donors (Lipinski definition) is 0. The molecule has 0 aromatic heterocycles. The molecule has 2 amide bonds. The molecule has 0 bridgehead atoms. The standard InChI is InChI=1S/C10H10ClNO2/c1-7(13)12(2)10(14)8-3-5-9(11)6-4-8/h3-6H,1-2H3. The molecule has 1 aromatic carbocycles. The number of rotatable bonds is 1. The average Bonchev–Trinajstić information content (AvgIpc) is 2.16. The van der Waals surface area contributed by atoms with Crippen LogP contribution in [0.1, 0.15) is 17.3 Å². The fraction of sp³-hybridized carbons (Fsp3) is 0.200. The average molecular weight is 212 g/mol. The minimum atomic E-state index is -0.325. The van der Waals surface area contributed by atoms with Gasteiger partial charge in [0.15, 0.2) is 0 Å². The molecule has 0 radical (unpaired) electrons. The van der Waals surface area contributed by atoms with Crippen LogP contribution >= 0.6 is 11.6 Å². The van der Waals surface area contributed by atoms with Gasteiger partial charge in [-0.05, 0) is 24.3 Å². The van der Waals surface area contributed by atoms with Crippen LogP contribution in [0.25, 0.3) is 0 Å². The van der Waals surface area contributed by atoms with Crippen molar-refractivity contribution in [1.82, 2.24) is 4.90 Å². The highest BCUT2D eigenvalue weighted by molar-refractivity contribution is 6.30. The van der Waals surface area contributed by atoms with Crippen LogP contribution in [0.3, 0.4) is 0 Å². The van der Waals surface area contributed by atoms with Gasteiger partial charge in [0.1, 0.15) is 0 Å². The molecule has 0 fully saturated rings. The maximum absolute atomic E-state index is 11.6. The topological polar surface area (TPSA) is 37.4 Å². The number of imide groups is 1. The van der Waals surface area contributed by atoms with E-state index in [1.165, 1.54) is 14.0 Å². The van der Waals surface area contributed by atoms with Crippen molar-refractivity contribution in [3.8, 4) is 0 Å². The van der Waals surface area contributed by atoms with Gasteiger partial charge in [-0.15, -0.1) is 0 Å². The van der Waals surface area contributed by atoms with Crippen LogP contribution in [0, 0.1) is 0 Å². The molecule has 14 heavy (non-hydrogen) atoms. The van der Waals surface area contributed by atoms with Crippen molar-refractivity contribution >= 4 is 23.4 Å². The van der Waals surface area contributed by atoms with Gasteiger partial charge >= 0.3 is 0 Å². The van der Waals surface area contributed by atoms with Gasteiger partial charge < -0.3 is 0 Å². The molecule has 0 saturated heterocycles. The predicted octanol–water partition coefficient (Wildman–Crippen LogP) is 1.96. The van der Waals surface area contributed by atoms with Crippen molar-refractivity contribution in [3.63, 3.8) is 0 Å². The van der Waals surface area contributed by atoms with Crippen molar-refractivity contribution in [2.45, 2.75) is 6.92 Å². The van der Waals surface area contributed by atoms with Gasteiger partial charge in [-0.2, -0.15) is 0 Å². The zero-order valence-electron chi connectivity index (χ0n) is 7.95. The second-order valence-electron chi connectivity index (χ2n) is 2.89. The van der Waals surface area contributed by atoms with Crippen molar-refractivity contribution < 1.29 is 9.59 Å². The van der Waals surface area contributed by atoms with Crippen LogP contribution in [-0.2, 0) is 4.79 Å². The van der Waals surface area contributed by atoms with Crippen molar-refractivity contribution in [2.24, 2.45) is 0 Å². The van der Waals surface area contributed by atoms with Crippen molar-refractivity contribution in [1.29, 1.82) is 0 Å². The fourth-order valence-corrected chi connectivity index (χ4v) is 1.06. The largest absolute Gasteiger partial charge is 0.282 e. The summed E-state index contributed by atoms with van der Waals surface area (Å²) in [5, 5.41) is 0.562. The monoisotopic (exact) mass is 211 g/mol. The first-order chi connectivity index (χ1) is 6.52. The van der Waals surface area contributed by atoms with E-state index in [0.717, 1.165) is 4.90 Å². The molecule has 0 N–H and O–H groups in total. The molecule has 0 aliphatic carbocycles. The van der Waals surface area contributed by atoms with Gasteiger partial charge in [0, 0.05) is 24.6 Å². The Morgan fingerprint density at radius 1 is 1.21 bits per heavy atom. The Kier molecular flexibility index (Phi) is 3.25. The maximum Gasteiger partial charge on any atom is 0.260 e. The number of benzene rings is 1. The van der Waals surface area contributed by atoms with E-state index in [1.807, 2.05) is 0 Å². The normalized spacial score (nSPS) is 9.64. The summed E-state index contributed by atoms with van der Waals surface area (Å²) in [7, 11) is 1.44. The Morgan fingerprint density at radius 2 is 1.71 bits per heavy atom. The quantitative estimate of drug-likeness (QED) is 0.712. The fourth-order valence-electron chi connectivity index (χ4n) is 0.929. The summed E-state index contributed by atoms with van der Waals surface area (Å²) in [5.74, 6) is -0.612. The third kappa shape index (κ3) is 2.33. The first kappa shape index (κ1) is 10.7. The lowest BCUT2D eigenvalue weighted by Gasteiger charge is -2.12. The summed E-state index contributed by atoms with van der Waals surface area (Å²) in [6.07, 6.45) is 0. The summed E-state index contributed by atoms with van der Waals surface area (Å²) in [4.78, 5) is 23.5. The number of amides is 2. The highest BCUT2D eigenvalue weighted by Gasteiger charge is 2.14. The van der Waals surface area contributed by atoms with Gasteiger partial charge in [-0.1, -0.05) is 11.6 Å². The lowest BCUT2D eigenvalue weighted by atomic mass is 10.2. The van der Waals surface area contributed by atoms with Gasteiger partial charge in [0.05, 0.1) is 0 Å². The molecule has 0 aliphatic heterocycles. The van der Waals surface area contributed by atoms with E-state index < -0.39 is 0 Å². The van der Waals surface area contributed by atoms with Crippen LogP contribution in [-0.4, -0.2) is 23.8 Å². The molecule has 0 heterocycles. The summed E-state index contributed by atoms with van der Waals surface area (Å²) in [6, 6.07) is 6.40. The first-order valence-corrected chi connectivity index (χ1v) is 4.44. The molecule has 0 spiro atoms. The van der Waals surface area contributed by atoms with E-state index in [0.29, 0.717) is 10.6 Å². The van der Waals surface area contributed by atoms with Gasteiger partial charge in [0.25, 0.3) is 5.91 Å². The highest BCUT2D eigenvalue weighted by Crippen LogP contribution is 2.10. The summed E-state index contributed by atoms with van der Waals surface area (Å²) in [6.45, 7) is 1.34. The second-order valence-corrected chi connectivity index (χ2v) is 3.33. The Labute approximate surface area is 87.3 Å². The zero-order chi connectivity index (χ0) is 10.7. The zero-order valence-corrected chi connectivity index (χ0v) is 8.71. The van der Waals surface area contributed by atoms with Crippen molar-refractivity contribution in [3.05, 3.63) is 34.9 Å². The number of hydrogen-bond acceptors (Lipinski definition) is 2. The van der Waals surface area contributed by atoms with Crippen LogP contribution in [0.15, 0.2) is 24.3 Å². The van der Waals surface area contributed by atoms with Crippen LogP contribution in [0.4, 0.5) is 0 Å². The van der Waals surface area contributed by atoms with E-state index >= 15 is 0 Å². The number of carbonyl (C=O) groups excluding carboxylic acids is 2. The molecule has 4 heteroatoms. The lowest BCUT2D eigenvalue weighted by Crippen LogP contribution is -2.30. The molecule has 0 saturated carbocycles. The molecule has 1 aromatic rings. The van der Waals surface area contributed by atoms with E-state index in [2.05, 4.69) is 0 Å². The smallest absolute Gasteiger partial charge is 0.260 e. The predicted molar refractivity (Wildman–Crippen MR) is 54.2 cm³/mol. The molecule has 1 rings (SSSR count). The Bertz CT molecular complexity index is 359. The van der Waals surface area contributed by atoms with Crippen LogP contribution in [0.5, 0.6) is 0 Å². The second kappa shape index (κ2) is 4.24. The summed E-state index contributed by atoms with van der Waals surface area (Å²) < 4.78 is 0. The number of halogens is 1. The molecular formula is C10H10ClNO2. The van der Waals surface area contributed by atoms with Gasteiger partial charge in [0.2, 0.25) is 5.91 Å². The Hall–Kier alpha value is -1.35. The summed E-state index contributed by atoms with van der Waals surface area (Å²) in [5.41, 5.74) is 0.451. The third-order valence-electron chi connectivity index (χ3n) is 1.87. The van der Waals surface area contributed by atoms with E-state index in [-0.39, 0.29) is 11.8 Å². The van der Waals surface area contributed by atoms with E-state index in [1.54, 1.807) is 24.3 Å². The maximum atomic E-state index is 11.6. The molecular weight excluding hydrogens is 202 g/mol. The number of carbonyl (C=O) groups is 2. The van der Waals surface area contributed by atoms with Crippen molar-refractivity contribution in [2.75, 3.05) is 7.05 Å². The molecule has 74 valence electrons. The third-order valence-corrected chi connectivity index (χ3v) is 2.12. The van der Waals surface area contributed by atoms with Crippen LogP contribution in [0.2, 0.25) is 5.02 Å². The van der Waals surface area contributed by atoms with Gasteiger partial charge in [-0.3, -0.25) is 14.5 Å². The minimum absolute atomic E-state index is 0.287. The highest BCUT2D eigenvalue weighted by atomic mass is 35.5. The first-order valence-electron chi connectivity index (χ1n) is 4.06. The number of nitrogens with zero attached hydrogens (tertiary/aromatic N) is 1. The molecule has 0 unspecified atom stereocenters. The molecule has 0 aliphatic rings. The Balaban J connectivity index is 2.90. The summed E-state index contributed by atoms with van der Waals surface area (Å²) >= 11 is 5.67. The molecule has 0 atom stereocenters. The van der Waals surface area contributed by atoms with Gasteiger partial charge in [-0.25, -0.2) is 0 Å². The van der Waals surface area contributed by atoms with E-state index in [9.17, 15) is 9.59 Å².